The highest BCUT2D eigenvalue weighted by molar-refractivity contribution is 7.86. The molecule has 0 aromatic carbocycles. The van der Waals surface area contributed by atoms with Gasteiger partial charge in [0.05, 0.1) is 13.2 Å². The average Bonchev–Trinajstić information content (AvgIpc) is 2.51. The second kappa shape index (κ2) is 9.56. The number of halogens is 6. The largest absolute Gasteiger partial charge is 0.743 e. The van der Waals surface area contributed by atoms with Crippen molar-refractivity contribution in [1.29, 1.82) is 0 Å². The van der Waals surface area contributed by atoms with E-state index in [9.17, 15) is 48.9 Å². The molecule has 1 unspecified atom stereocenters. The van der Waals surface area contributed by atoms with Gasteiger partial charge in [0.1, 0.15) is 0 Å². The molecule has 0 aromatic rings. The molecular formula is C13H15F6O8S-. The standard InChI is InChI=1S/C13H16F6O8S/c1-3-4-6-25-10(21)12(13(17,18)19,27-9(20)8(2)14)26-7-5-11(15,16)28(22,23)24/h2-7H2,1H3,(H,22,23,24)/p-1. The summed E-state index contributed by atoms with van der Waals surface area (Å²) in [6, 6.07) is 0. The third kappa shape index (κ3) is 6.63. The molecule has 0 saturated heterocycles. The smallest absolute Gasteiger partial charge is 0.468 e. The van der Waals surface area contributed by atoms with Crippen molar-refractivity contribution in [2.75, 3.05) is 13.2 Å². The summed E-state index contributed by atoms with van der Waals surface area (Å²) in [6.07, 6.45) is -7.70. The Morgan fingerprint density at radius 3 is 2.04 bits per heavy atom. The zero-order chi connectivity index (χ0) is 22.4. The zero-order valence-corrected chi connectivity index (χ0v) is 15.0. The molecule has 0 aromatic heterocycles. The van der Waals surface area contributed by atoms with Gasteiger partial charge in [0.15, 0.2) is 10.1 Å². The summed E-state index contributed by atoms with van der Waals surface area (Å²) < 4.78 is 122. The van der Waals surface area contributed by atoms with Crippen molar-refractivity contribution in [1.82, 2.24) is 0 Å². The van der Waals surface area contributed by atoms with Gasteiger partial charge in [-0.25, -0.2) is 18.0 Å². The van der Waals surface area contributed by atoms with Crippen molar-refractivity contribution in [3.63, 3.8) is 0 Å². The number of ether oxygens (including phenoxy) is 3. The first-order valence-corrected chi connectivity index (χ1v) is 8.71. The van der Waals surface area contributed by atoms with Crippen molar-refractivity contribution in [2.24, 2.45) is 0 Å². The van der Waals surface area contributed by atoms with Crippen molar-refractivity contribution >= 4 is 22.1 Å². The lowest BCUT2D eigenvalue weighted by atomic mass is 10.2. The van der Waals surface area contributed by atoms with Crippen molar-refractivity contribution < 1.29 is 63.1 Å². The van der Waals surface area contributed by atoms with E-state index in [1.165, 1.54) is 0 Å². The van der Waals surface area contributed by atoms with Gasteiger partial charge in [0.25, 0.3) is 0 Å². The van der Waals surface area contributed by atoms with Crippen LogP contribution in [-0.4, -0.2) is 55.3 Å². The first-order valence-electron chi connectivity index (χ1n) is 7.30. The third-order valence-corrected chi connectivity index (χ3v) is 3.83. The summed E-state index contributed by atoms with van der Waals surface area (Å²) >= 11 is 0. The Hall–Kier alpha value is -1.87. The molecule has 0 rings (SSSR count). The maximum atomic E-state index is 13.4. The molecule has 8 nitrogen and oxygen atoms in total. The average molecular weight is 445 g/mol. The zero-order valence-electron chi connectivity index (χ0n) is 14.2. The van der Waals surface area contributed by atoms with Crippen LogP contribution in [0.5, 0.6) is 0 Å². The summed E-state index contributed by atoms with van der Waals surface area (Å²) in [6.45, 7) is 1.38. The molecular weight excluding hydrogens is 430 g/mol. The second-order valence-electron chi connectivity index (χ2n) is 5.09. The first kappa shape index (κ1) is 26.1. The van der Waals surface area contributed by atoms with Crippen LogP contribution in [0.4, 0.5) is 26.3 Å². The summed E-state index contributed by atoms with van der Waals surface area (Å²) in [7, 11) is -6.27. The number of esters is 2. The fourth-order valence-corrected chi connectivity index (χ4v) is 1.75. The number of carbonyl (C=O) groups excluding carboxylic acids is 2. The molecule has 1 atom stereocenters. The minimum Gasteiger partial charge on any atom is -0.743 e. The Labute approximate surface area is 155 Å². The van der Waals surface area contributed by atoms with E-state index in [1.54, 1.807) is 6.92 Å². The van der Waals surface area contributed by atoms with E-state index in [0.29, 0.717) is 6.42 Å². The number of hydrogen-bond donors (Lipinski definition) is 0. The normalized spacial score (nSPS) is 14.9. The maximum Gasteiger partial charge on any atom is 0.468 e. The van der Waals surface area contributed by atoms with E-state index in [2.05, 4.69) is 20.8 Å². The lowest BCUT2D eigenvalue weighted by Crippen LogP contribution is -2.58. The van der Waals surface area contributed by atoms with Crippen LogP contribution in [0, 0.1) is 0 Å². The van der Waals surface area contributed by atoms with E-state index < -0.39 is 64.7 Å². The van der Waals surface area contributed by atoms with Crippen molar-refractivity contribution in [3.05, 3.63) is 12.4 Å². The molecule has 0 N–H and O–H groups in total. The molecule has 0 heterocycles. The quantitative estimate of drug-likeness (QED) is 0.119. The van der Waals surface area contributed by atoms with E-state index in [4.69, 9.17) is 0 Å². The van der Waals surface area contributed by atoms with Crippen molar-refractivity contribution in [3.8, 4) is 0 Å². The van der Waals surface area contributed by atoms with Crippen LogP contribution < -0.4 is 0 Å². The summed E-state index contributed by atoms with van der Waals surface area (Å²) in [5.41, 5.74) is 0. The van der Waals surface area contributed by atoms with E-state index in [1.807, 2.05) is 0 Å². The number of unbranched alkanes of at least 4 members (excludes halogenated alkanes) is 1. The lowest BCUT2D eigenvalue weighted by Gasteiger charge is -2.32. The molecule has 0 bridgehead atoms. The lowest BCUT2D eigenvalue weighted by molar-refractivity contribution is -0.356. The summed E-state index contributed by atoms with van der Waals surface area (Å²) in [4.78, 5) is 23.0. The van der Waals surface area contributed by atoms with Gasteiger partial charge in [-0.05, 0) is 6.42 Å². The molecule has 0 amide bonds. The van der Waals surface area contributed by atoms with Gasteiger partial charge in [-0.1, -0.05) is 19.9 Å². The van der Waals surface area contributed by atoms with Gasteiger partial charge in [-0.3, -0.25) is 0 Å². The predicted octanol–water partition coefficient (Wildman–Crippen LogP) is 2.16. The summed E-state index contributed by atoms with van der Waals surface area (Å²) in [5, 5.41) is -5.07. The molecule has 0 aliphatic heterocycles. The Morgan fingerprint density at radius 2 is 1.64 bits per heavy atom. The van der Waals surface area contributed by atoms with Gasteiger partial charge in [0.2, 0.25) is 5.83 Å². The number of alkyl halides is 5. The highest BCUT2D eigenvalue weighted by Gasteiger charge is 2.68. The third-order valence-electron chi connectivity index (χ3n) is 2.90. The van der Waals surface area contributed by atoms with E-state index in [0.717, 1.165) is 0 Å². The van der Waals surface area contributed by atoms with Crippen LogP contribution in [0.25, 0.3) is 0 Å². The topological polar surface area (TPSA) is 119 Å². The highest BCUT2D eigenvalue weighted by atomic mass is 32.2. The first-order chi connectivity index (χ1) is 12.5. The van der Waals surface area contributed by atoms with Crippen LogP contribution in [-0.2, 0) is 33.9 Å². The van der Waals surface area contributed by atoms with Gasteiger partial charge < -0.3 is 18.8 Å². The maximum absolute atomic E-state index is 13.4. The van der Waals surface area contributed by atoms with Crippen LogP contribution >= 0.6 is 0 Å². The van der Waals surface area contributed by atoms with Crippen LogP contribution in [0.15, 0.2) is 12.4 Å². The predicted molar refractivity (Wildman–Crippen MR) is 76.2 cm³/mol. The van der Waals surface area contributed by atoms with E-state index in [-0.39, 0.29) is 6.42 Å². The minimum atomic E-state index is -6.27. The fourth-order valence-electron chi connectivity index (χ4n) is 1.41. The molecule has 0 aliphatic carbocycles. The number of hydrogen-bond acceptors (Lipinski definition) is 8. The van der Waals surface area contributed by atoms with Crippen LogP contribution in [0.1, 0.15) is 26.2 Å². The molecule has 0 fully saturated rings. The Bertz CT molecular complexity index is 690. The number of rotatable bonds is 11. The highest BCUT2D eigenvalue weighted by Crippen LogP contribution is 2.38. The molecule has 15 heteroatoms. The molecule has 0 spiro atoms. The monoisotopic (exact) mass is 445 g/mol. The van der Waals surface area contributed by atoms with Crippen molar-refractivity contribution in [2.45, 2.75) is 43.4 Å². The van der Waals surface area contributed by atoms with Gasteiger partial charge >= 0.3 is 29.2 Å². The van der Waals surface area contributed by atoms with Crippen LogP contribution in [0.2, 0.25) is 0 Å². The van der Waals surface area contributed by atoms with Gasteiger partial charge in [-0.2, -0.15) is 26.3 Å². The Balaban J connectivity index is 5.81. The van der Waals surface area contributed by atoms with Gasteiger partial charge in [-0.15, -0.1) is 0 Å². The molecule has 0 aliphatic rings. The second-order valence-corrected chi connectivity index (χ2v) is 6.59. The molecule has 0 radical (unpaired) electrons. The Morgan fingerprint density at radius 1 is 1.11 bits per heavy atom. The summed E-state index contributed by atoms with van der Waals surface area (Å²) in [5.74, 6) is -11.6. The number of carbonyl (C=O) groups is 2. The van der Waals surface area contributed by atoms with Crippen LogP contribution in [0.3, 0.4) is 0 Å². The minimum absolute atomic E-state index is 0.0515. The Kier molecular flexibility index (Phi) is 8.92. The molecule has 0 saturated carbocycles. The molecule has 28 heavy (non-hydrogen) atoms. The SMILES string of the molecule is C=C(F)C(=O)OC(OCCC(F)(F)S(=O)(=O)[O-])(C(=O)OCCCC)C(F)(F)F. The van der Waals surface area contributed by atoms with Gasteiger partial charge in [0, 0.05) is 6.42 Å². The molecule has 164 valence electrons. The van der Waals surface area contributed by atoms with E-state index >= 15 is 0 Å². The fraction of sp³-hybridized carbons (Fsp3) is 0.692.